The van der Waals surface area contributed by atoms with Crippen LogP contribution in [-0.4, -0.2) is 28.1 Å². The average Bonchev–Trinajstić information content (AvgIpc) is 3.08. The van der Waals surface area contributed by atoms with Gasteiger partial charge in [0, 0.05) is 27.9 Å². The third-order valence-electron chi connectivity index (χ3n) is 3.96. The Morgan fingerprint density at radius 2 is 1.79 bits per heavy atom. The summed E-state index contributed by atoms with van der Waals surface area (Å²) in [5.74, 6) is -1.36. The quantitative estimate of drug-likeness (QED) is 0.558. The van der Waals surface area contributed by atoms with Crippen molar-refractivity contribution in [3.05, 3.63) is 72.1 Å². The predicted octanol–water partition coefficient (Wildman–Crippen LogP) is 3.56. The van der Waals surface area contributed by atoms with E-state index in [1.54, 1.807) is 6.07 Å². The third kappa shape index (κ3) is 5.47. The summed E-state index contributed by atoms with van der Waals surface area (Å²) in [5, 5.41) is 12.4. The minimum absolute atomic E-state index is 0.213. The van der Waals surface area contributed by atoms with E-state index in [-0.39, 0.29) is 6.04 Å². The second-order valence-electron chi connectivity index (χ2n) is 6.49. The first-order valence-electron chi connectivity index (χ1n) is 8.96. The van der Waals surface area contributed by atoms with Gasteiger partial charge in [-0.15, -0.1) is 0 Å². The van der Waals surface area contributed by atoms with Gasteiger partial charge in [-0.25, -0.2) is 0 Å². The summed E-state index contributed by atoms with van der Waals surface area (Å²) in [6, 6.07) is 19.0. The Bertz CT molecular complexity index is 956. The molecule has 1 heterocycles. The van der Waals surface area contributed by atoms with Crippen LogP contribution in [0.1, 0.15) is 18.3 Å². The molecule has 144 valence electrons. The maximum atomic E-state index is 12.4. The number of benzene rings is 2. The van der Waals surface area contributed by atoms with Crippen molar-refractivity contribution in [2.45, 2.75) is 36.1 Å². The Morgan fingerprint density at radius 3 is 2.50 bits per heavy atom. The van der Waals surface area contributed by atoms with Crippen molar-refractivity contribution in [3.63, 3.8) is 0 Å². The van der Waals surface area contributed by atoms with Crippen molar-refractivity contribution in [3.8, 4) is 0 Å². The fourth-order valence-corrected chi connectivity index (χ4v) is 3.61. The SMILES string of the molecule is Cc1cc(C[C@H](C)NC(=O)C(=O)Nc2ccccc2Sc2ccccc2)n[nH]1. The molecule has 0 fully saturated rings. The van der Waals surface area contributed by atoms with Crippen LogP contribution in [0.25, 0.3) is 0 Å². The van der Waals surface area contributed by atoms with Gasteiger partial charge in [0.05, 0.1) is 11.4 Å². The number of carbonyl (C=O) groups excluding carboxylic acids is 2. The molecule has 0 unspecified atom stereocenters. The van der Waals surface area contributed by atoms with Crippen LogP contribution in [0.2, 0.25) is 0 Å². The zero-order valence-corrected chi connectivity index (χ0v) is 16.5. The second-order valence-corrected chi connectivity index (χ2v) is 7.60. The molecule has 7 heteroatoms. The van der Waals surface area contributed by atoms with E-state index in [1.807, 2.05) is 68.4 Å². The van der Waals surface area contributed by atoms with Crippen molar-refractivity contribution in [2.75, 3.05) is 5.32 Å². The molecule has 0 bridgehead atoms. The fraction of sp³-hybridized carbons (Fsp3) is 0.190. The molecular formula is C21H22N4O2S. The highest BCUT2D eigenvalue weighted by molar-refractivity contribution is 7.99. The van der Waals surface area contributed by atoms with Crippen LogP contribution >= 0.6 is 11.8 Å². The minimum atomic E-state index is -0.689. The van der Waals surface area contributed by atoms with Crippen LogP contribution in [0, 0.1) is 6.92 Å². The maximum Gasteiger partial charge on any atom is 0.313 e. The molecule has 0 aliphatic heterocycles. The number of aromatic nitrogens is 2. The number of anilines is 1. The Balaban J connectivity index is 1.60. The number of para-hydroxylation sites is 1. The van der Waals surface area contributed by atoms with Crippen LogP contribution in [0.4, 0.5) is 5.69 Å². The Labute approximate surface area is 168 Å². The minimum Gasteiger partial charge on any atom is -0.345 e. The molecule has 2 aromatic carbocycles. The number of carbonyl (C=O) groups is 2. The molecule has 3 aromatic rings. The molecule has 1 atom stereocenters. The highest BCUT2D eigenvalue weighted by Gasteiger charge is 2.18. The van der Waals surface area contributed by atoms with Gasteiger partial charge in [0.15, 0.2) is 0 Å². The van der Waals surface area contributed by atoms with Gasteiger partial charge >= 0.3 is 11.8 Å². The molecule has 28 heavy (non-hydrogen) atoms. The van der Waals surface area contributed by atoms with E-state index in [0.717, 1.165) is 21.2 Å². The zero-order chi connectivity index (χ0) is 19.9. The van der Waals surface area contributed by atoms with Gasteiger partial charge in [-0.3, -0.25) is 14.7 Å². The lowest BCUT2D eigenvalue weighted by atomic mass is 10.2. The van der Waals surface area contributed by atoms with Gasteiger partial charge in [-0.1, -0.05) is 42.1 Å². The van der Waals surface area contributed by atoms with Gasteiger partial charge in [-0.05, 0) is 44.2 Å². The second kappa shape index (κ2) is 9.23. The van der Waals surface area contributed by atoms with E-state index < -0.39 is 11.8 Å². The molecule has 0 spiro atoms. The topological polar surface area (TPSA) is 86.9 Å². The lowest BCUT2D eigenvalue weighted by molar-refractivity contribution is -0.136. The highest BCUT2D eigenvalue weighted by atomic mass is 32.2. The number of hydrogen-bond acceptors (Lipinski definition) is 4. The number of rotatable bonds is 6. The Kier molecular flexibility index (Phi) is 6.49. The van der Waals surface area contributed by atoms with Crippen molar-refractivity contribution < 1.29 is 9.59 Å². The number of hydrogen-bond donors (Lipinski definition) is 3. The molecule has 0 saturated carbocycles. The van der Waals surface area contributed by atoms with E-state index in [1.165, 1.54) is 11.8 Å². The number of aryl methyl sites for hydroxylation is 1. The van der Waals surface area contributed by atoms with Crippen molar-refractivity contribution in [1.29, 1.82) is 0 Å². The van der Waals surface area contributed by atoms with Crippen molar-refractivity contribution >= 4 is 29.3 Å². The molecular weight excluding hydrogens is 372 g/mol. The molecule has 0 aliphatic carbocycles. The fourth-order valence-electron chi connectivity index (χ4n) is 2.69. The summed E-state index contributed by atoms with van der Waals surface area (Å²) < 4.78 is 0. The van der Waals surface area contributed by atoms with Crippen LogP contribution in [-0.2, 0) is 16.0 Å². The van der Waals surface area contributed by atoms with Crippen LogP contribution in [0.5, 0.6) is 0 Å². The van der Waals surface area contributed by atoms with Crippen LogP contribution < -0.4 is 10.6 Å². The van der Waals surface area contributed by atoms with E-state index in [0.29, 0.717) is 12.1 Å². The Morgan fingerprint density at radius 1 is 1.07 bits per heavy atom. The number of nitrogens with zero attached hydrogens (tertiary/aromatic N) is 1. The van der Waals surface area contributed by atoms with E-state index in [2.05, 4.69) is 20.8 Å². The van der Waals surface area contributed by atoms with Gasteiger partial charge in [0.1, 0.15) is 0 Å². The highest BCUT2D eigenvalue weighted by Crippen LogP contribution is 2.33. The lowest BCUT2D eigenvalue weighted by Gasteiger charge is -2.14. The summed E-state index contributed by atoms with van der Waals surface area (Å²) in [6.07, 6.45) is 0.545. The molecule has 0 aliphatic rings. The monoisotopic (exact) mass is 394 g/mol. The predicted molar refractivity (Wildman–Crippen MR) is 110 cm³/mol. The number of nitrogens with one attached hydrogen (secondary N) is 3. The largest absolute Gasteiger partial charge is 0.345 e. The maximum absolute atomic E-state index is 12.4. The number of amides is 2. The summed E-state index contributed by atoms with van der Waals surface area (Å²) in [7, 11) is 0. The normalized spacial score (nSPS) is 11.6. The molecule has 6 nitrogen and oxygen atoms in total. The summed E-state index contributed by atoms with van der Waals surface area (Å²) in [4.78, 5) is 26.5. The molecule has 3 rings (SSSR count). The van der Waals surface area contributed by atoms with Gasteiger partial charge in [0.25, 0.3) is 0 Å². The average molecular weight is 395 g/mol. The van der Waals surface area contributed by atoms with Crippen LogP contribution in [0.15, 0.2) is 70.5 Å². The lowest BCUT2D eigenvalue weighted by Crippen LogP contribution is -2.41. The third-order valence-corrected chi connectivity index (χ3v) is 5.05. The molecule has 2 amide bonds. The van der Waals surface area contributed by atoms with Crippen LogP contribution in [0.3, 0.4) is 0 Å². The number of aromatic amines is 1. The standard InChI is InChI=1S/C21H22N4O2S/c1-14(12-16-13-15(2)24-25-16)22-20(26)21(27)23-18-10-6-7-11-19(18)28-17-8-4-3-5-9-17/h3-11,13-14H,12H2,1-2H3,(H,22,26)(H,23,27)(H,24,25)/t14-/m0/s1. The number of H-pyrrole nitrogens is 1. The van der Waals surface area contributed by atoms with Gasteiger partial charge in [-0.2, -0.15) is 5.10 Å². The first kappa shape index (κ1) is 19.7. The molecule has 0 radical (unpaired) electrons. The smallest absolute Gasteiger partial charge is 0.313 e. The first-order chi connectivity index (χ1) is 13.5. The van der Waals surface area contributed by atoms with E-state index in [9.17, 15) is 9.59 Å². The van der Waals surface area contributed by atoms with Gasteiger partial charge in [0.2, 0.25) is 0 Å². The molecule has 0 saturated heterocycles. The zero-order valence-electron chi connectivity index (χ0n) is 15.7. The Hall–Kier alpha value is -3.06. The molecule has 1 aromatic heterocycles. The summed E-state index contributed by atoms with van der Waals surface area (Å²) in [6.45, 7) is 3.76. The van der Waals surface area contributed by atoms with Gasteiger partial charge < -0.3 is 10.6 Å². The van der Waals surface area contributed by atoms with E-state index >= 15 is 0 Å². The van der Waals surface area contributed by atoms with Crippen molar-refractivity contribution in [2.24, 2.45) is 0 Å². The summed E-state index contributed by atoms with van der Waals surface area (Å²) >= 11 is 1.53. The van der Waals surface area contributed by atoms with Crippen molar-refractivity contribution in [1.82, 2.24) is 15.5 Å². The summed E-state index contributed by atoms with van der Waals surface area (Å²) in [5.41, 5.74) is 2.40. The first-order valence-corrected chi connectivity index (χ1v) is 9.77. The van der Waals surface area contributed by atoms with E-state index in [4.69, 9.17) is 0 Å². The molecule has 3 N–H and O–H groups in total.